The molecule has 2 heteroatoms. The maximum atomic E-state index is 5.55. The highest BCUT2D eigenvalue weighted by molar-refractivity contribution is 5.34. The van der Waals surface area contributed by atoms with Crippen molar-refractivity contribution in [2.75, 3.05) is 20.1 Å². The average Bonchev–Trinajstić information content (AvgIpc) is 2.28. The van der Waals surface area contributed by atoms with E-state index in [1.807, 2.05) is 0 Å². The molecular formula is C16H28N2. The van der Waals surface area contributed by atoms with Crippen molar-refractivity contribution in [3.63, 3.8) is 0 Å². The SMILES string of the molecule is Cc1ccc(C(C)(C)C)cc1CN(C)CCCN. The fourth-order valence-electron chi connectivity index (χ4n) is 2.04. The summed E-state index contributed by atoms with van der Waals surface area (Å²) in [6.45, 7) is 11.8. The van der Waals surface area contributed by atoms with Gasteiger partial charge in [0.1, 0.15) is 0 Å². The minimum absolute atomic E-state index is 0.221. The molecule has 0 fully saturated rings. The molecule has 0 spiro atoms. The Balaban J connectivity index is 2.81. The van der Waals surface area contributed by atoms with Crippen molar-refractivity contribution >= 4 is 0 Å². The molecule has 102 valence electrons. The summed E-state index contributed by atoms with van der Waals surface area (Å²) < 4.78 is 0. The molecule has 2 nitrogen and oxygen atoms in total. The van der Waals surface area contributed by atoms with Gasteiger partial charge in [-0.1, -0.05) is 39.0 Å². The third-order valence-electron chi connectivity index (χ3n) is 3.40. The third kappa shape index (κ3) is 4.43. The largest absolute Gasteiger partial charge is 0.330 e. The second-order valence-electron chi connectivity index (χ2n) is 6.27. The Morgan fingerprint density at radius 3 is 2.44 bits per heavy atom. The van der Waals surface area contributed by atoms with Crippen LogP contribution in [0.1, 0.15) is 43.9 Å². The van der Waals surface area contributed by atoms with Gasteiger partial charge in [0.2, 0.25) is 0 Å². The number of nitrogens with two attached hydrogens (primary N) is 1. The van der Waals surface area contributed by atoms with Crippen molar-refractivity contribution in [3.8, 4) is 0 Å². The second kappa shape index (κ2) is 6.35. The number of nitrogens with zero attached hydrogens (tertiary/aromatic N) is 1. The Bertz CT molecular complexity index is 377. The van der Waals surface area contributed by atoms with Crippen molar-refractivity contribution in [1.29, 1.82) is 0 Å². The van der Waals surface area contributed by atoms with Crippen LogP contribution < -0.4 is 5.73 Å². The van der Waals surface area contributed by atoms with Gasteiger partial charge >= 0.3 is 0 Å². The second-order valence-corrected chi connectivity index (χ2v) is 6.27. The summed E-state index contributed by atoms with van der Waals surface area (Å²) in [6, 6.07) is 6.85. The Hall–Kier alpha value is -0.860. The minimum atomic E-state index is 0.221. The van der Waals surface area contributed by atoms with Crippen LogP contribution in [0.2, 0.25) is 0 Å². The summed E-state index contributed by atoms with van der Waals surface area (Å²) >= 11 is 0. The van der Waals surface area contributed by atoms with Gasteiger partial charge in [0.05, 0.1) is 0 Å². The van der Waals surface area contributed by atoms with Gasteiger partial charge in [-0.3, -0.25) is 0 Å². The van der Waals surface area contributed by atoms with E-state index in [9.17, 15) is 0 Å². The molecule has 0 saturated carbocycles. The van der Waals surface area contributed by atoms with Gasteiger partial charge in [0, 0.05) is 6.54 Å². The highest BCUT2D eigenvalue weighted by Crippen LogP contribution is 2.25. The molecule has 0 aliphatic heterocycles. The van der Waals surface area contributed by atoms with Crippen LogP contribution in [0, 0.1) is 6.92 Å². The Labute approximate surface area is 112 Å². The predicted molar refractivity (Wildman–Crippen MR) is 79.9 cm³/mol. The van der Waals surface area contributed by atoms with Crippen molar-refractivity contribution < 1.29 is 0 Å². The molecule has 0 aromatic heterocycles. The standard InChI is InChI=1S/C16H28N2/c1-13-7-8-15(16(2,3)4)11-14(13)12-18(5)10-6-9-17/h7-8,11H,6,9-10,12,17H2,1-5H3. The van der Waals surface area contributed by atoms with Gasteiger partial charge in [-0.2, -0.15) is 0 Å². The topological polar surface area (TPSA) is 29.3 Å². The van der Waals surface area contributed by atoms with E-state index in [4.69, 9.17) is 5.73 Å². The smallest absolute Gasteiger partial charge is 0.0233 e. The van der Waals surface area contributed by atoms with Gasteiger partial charge < -0.3 is 10.6 Å². The maximum absolute atomic E-state index is 5.55. The zero-order chi connectivity index (χ0) is 13.8. The van der Waals surface area contributed by atoms with E-state index in [-0.39, 0.29) is 5.41 Å². The zero-order valence-corrected chi connectivity index (χ0v) is 12.6. The number of rotatable bonds is 5. The molecule has 0 aliphatic rings. The van der Waals surface area contributed by atoms with Crippen LogP contribution in [-0.2, 0) is 12.0 Å². The summed E-state index contributed by atoms with van der Waals surface area (Å²) in [5.41, 5.74) is 10.00. The lowest BCUT2D eigenvalue weighted by Crippen LogP contribution is -2.22. The van der Waals surface area contributed by atoms with Crippen LogP contribution in [0.4, 0.5) is 0 Å². The number of hydrogen-bond acceptors (Lipinski definition) is 2. The van der Waals surface area contributed by atoms with Crippen LogP contribution in [0.5, 0.6) is 0 Å². The minimum Gasteiger partial charge on any atom is -0.330 e. The molecular weight excluding hydrogens is 220 g/mol. The van der Waals surface area contributed by atoms with E-state index in [1.54, 1.807) is 0 Å². The van der Waals surface area contributed by atoms with Gasteiger partial charge in [-0.15, -0.1) is 0 Å². The molecule has 0 bridgehead atoms. The lowest BCUT2D eigenvalue weighted by molar-refractivity contribution is 0.323. The number of benzene rings is 1. The van der Waals surface area contributed by atoms with Crippen LogP contribution in [-0.4, -0.2) is 25.0 Å². The van der Waals surface area contributed by atoms with Crippen LogP contribution in [0.3, 0.4) is 0 Å². The molecule has 0 unspecified atom stereocenters. The van der Waals surface area contributed by atoms with Crippen molar-refractivity contribution in [3.05, 3.63) is 34.9 Å². The molecule has 0 aliphatic carbocycles. The summed E-state index contributed by atoms with van der Waals surface area (Å²) in [5.74, 6) is 0. The Morgan fingerprint density at radius 1 is 1.22 bits per heavy atom. The fourth-order valence-corrected chi connectivity index (χ4v) is 2.04. The average molecular weight is 248 g/mol. The first-order valence-corrected chi connectivity index (χ1v) is 6.83. The van der Waals surface area contributed by atoms with E-state index < -0.39 is 0 Å². The number of hydrogen-bond donors (Lipinski definition) is 1. The summed E-state index contributed by atoms with van der Waals surface area (Å²) in [6.07, 6.45) is 1.06. The molecule has 0 amide bonds. The molecule has 0 saturated heterocycles. The lowest BCUT2D eigenvalue weighted by Gasteiger charge is -2.23. The number of aryl methyl sites for hydroxylation is 1. The molecule has 0 heterocycles. The van der Waals surface area contributed by atoms with Crippen molar-refractivity contribution in [2.45, 2.75) is 46.1 Å². The van der Waals surface area contributed by atoms with Crippen molar-refractivity contribution in [1.82, 2.24) is 4.90 Å². The molecule has 0 atom stereocenters. The summed E-state index contributed by atoms with van der Waals surface area (Å²) in [7, 11) is 2.17. The van der Waals surface area contributed by atoms with Crippen LogP contribution in [0.15, 0.2) is 18.2 Å². The molecule has 1 aromatic rings. The predicted octanol–water partition coefficient (Wildman–Crippen LogP) is 3.07. The van der Waals surface area contributed by atoms with Gasteiger partial charge in [0.15, 0.2) is 0 Å². The summed E-state index contributed by atoms with van der Waals surface area (Å²) in [4.78, 5) is 2.35. The highest BCUT2D eigenvalue weighted by atomic mass is 15.1. The van der Waals surface area contributed by atoms with E-state index in [0.717, 1.165) is 26.1 Å². The lowest BCUT2D eigenvalue weighted by atomic mass is 9.85. The van der Waals surface area contributed by atoms with Gasteiger partial charge in [-0.05, 0) is 55.6 Å². The van der Waals surface area contributed by atoms with Crippen LogP contribution in [0.25, 0.3) is 0 Å². The first-order chi connectivity index (χ1) is 8.34. The zero-order valence-electron chi connectivity index (χ0n) is 12.6. The van der Waals surface area contributed by atoms with Crippen molar-refractivity contribution in [2.24, 2.45) is 5.73 Å². The third-order valence-corrected chi connectivity index (χ3v) is 3.40. The summed E-state index contributed by atoms with van der Waals surface area (Å²) in [5, 5.41) is 0. The molecule has 18 heavy (non-hydrogen) atoms. The fraction of sp³-hybridized carbons (Fsp3) is 0.625. The Kier molecular flexibility index (Phi) is 5.36. The highest BCUT2D eigenvalue weighted by Gasteiger charge is 2.15. The first kappa shape index (κ1) is 15.2. The molecule has 0 radical (unpaired) electrons. The van der Waals surface area contributed by atoms with E-state index in [1.165, 1.54) is 16.7 Å². The van der Waals surface area contributed by atoms with E-state index in [0.29, 0.717) is 0 Å². The molecule has 2 N–H and O–H groups in total. The molecule has 1 rings (SSSR count). The van der Waals surface area contributed by atoms with Crippen LogP contribution >= 0.6 is 0 Å². The maximum Gasteiger partial charge on any atom is 0.0233 e. The molecule has 1 aromatic carbocycles. The Morgan fingerprint density at radius 2 is 1.89 bits per heavy atom. The quantitative estimate of drug-likeness (QED) is 0.867. The normalized spacial score (nSPS) is 12.2. The van der Waals surface area contributed by atoms with E-state index >= 15 is 0 Å². The van der Waals surface area contributed by atoms with Gasteiger partial charge in [-0.25, -0.2) is 0 Å². The monoisotopic (exact) mass is 248 g/mol. The first-order valence-electron chi connectivity index (χ1n) is 6.83. The van der Waals surface area contributed by atoms with E-state index in [2.05, 4.69) is 57.8 Å². The van der Waals surface area contributed by atoms with Gasteiger partial charge in [0.25, 0.3) is 0 Å².